The van der Waals surface area contributed by atoms with Crippen LogP contribution in [0, 0.1) is 11.3 Å². The Bertz CT molecular complexity index is 1330. The summed E-state index contributed by atoms with van der Waals surface area (Å²) in [5.74, 6) is 0.121. The van der Waals surface area contributed by atoms with E-state index >= 15 is 0 Å². The first-order chi connectivity index (χ1) is 16.9. The molecule has 1 atom stereocenters. The molecule has 9 heteroatoms. The molecule has 1 saturated heterocycles. The van der Waals surface area contributed by atoms with Gasteiger partial charge >= 0.3 is 0 Å². The van der Waals surface area contributed by atoms with Crippen LogP contribution in [0.25, 0.3) is 11.1 Å². The SMILES string of the molecule is C[C@H](Oc1ccc(-c2ccc(C#N)cc2)cc1)C(=O)Nc1cccc(S(=O)(=O)N2CCOCC2)c1. The summed E-state index contributed by atoms with van der Waals surface area (Å²) in [4.78, 5) is 12.8. The van der Waals surface area contributed by atoms with Crippen LogP contribution in [0.5, 0.6) is 5.75 Å². The van der Waals surface area contributed by atoms with Crippen molar-refractivity contribution < 1.29 is 22.7 Å². The van der Waals surface area contributed by atoms with Gasteiger partial charge in [0.2, 0.25) is 10.0 Å². The minimum absolute atomic E-state index is 0.115. The summed E-state index contributed by atoms with van der Waals surface area (Å²) in [5, 5.41) is 11.7. The van der Waals surface area contributed by atoms with E-state index in [-0.39, 0.29) is 4.90 Å². The Morgan fingerprint density at radius 1 is 1.03 bits per heavy atom. The maximum absolute atomic E-state index is 12.9. The highest BCUT2D eigenvalue weighted by Crippen LogP contribution is 2.24. The van der Waals surface area contributed by atoms with E-state index in [9.17, 15) is 13.2 Å². The summed E-state index contributed by atoms with van der Waals surface area (Å²) in [7, 11) is -3.67. The minimum Gasteiger partial charge on any atom is -0.481 e. The van der Waals surface area contributed by atoms with E-state index in [0.29, 0.717) is 43.3 Å². The van der Waals surface area contributed by atoms with Gasteiger partial charge in [-0.2, -0.15) is 9.57 Å². The van der Waals surface area contributed by atoms with Gasteiger partial charge < -0.3 is 14.8 Å². The molecular formula is C26H25N3O5S. The molecule has 0 unspecified atom stereocenters. The molecule has 8 nitrogen and oxygen atoms in total. The lowest BCUT2D eigenvalue weighted by atomic mass is 10.0. The Morgan fingerprint density at radius 2 is 1.66 bits per heavy atom. The van der Waals surface area contributed by atoms with Gasteiger partial charge in [-0.1, -0.05) is 30.3 Å². The number of carbonyl (C=O) groups excluding carboxylic acids is 1. The van der Waals surface area contributed by atoms with Gasteiger partial charge in [0.15, 0.2) is 6.10 Å². The van der Waals surface area contributed by atoms with E-state index in [4.69, 9.17) is 14.7 Å². The molecule has 0 bridgehead atoms. The molecular weight excluding hydrogens is 466 g/mol. The minimum atomic E-state index is -3.67. The molecule has 1 N–H and O–H groups in total. The predicted octanol–water partition coefficient (Wildman–Crippen LogP) is 3.65. The van der Waals surface area contributed by atoms with Gasteiger partial charge in [0, 0.05) is 18.8 Å². The topological polar surface area (TPSA) is 109 Å². The number of morpholine rings is 1. The van der Waals surface area contributed by atoms with Crippen molar-refractivity contribution in [2.24, 2.45) is 0 Å². The van der Waals surface area contributed by atoms with Crippen LogP contribution in [-0.4, -0.2) is 51.0 Å². The van der Waals surface area contributed by atoms with Crippen molar-refractivity contribution in [3.8, 4) is 22.9 Å². The molecule has 180 valence electrons. The Morgan fingerprint density at radius 3 is 2.29 bits per heavy atom. The zero-order valence-electron chi connectivity index (χ0n) is 19.2. The number of amides is 1. The largest absolute Gasteiger partial charge is 0.481 e. The quantitative estimate of drug-likeness (QED) is 0.540. The number of hydrogen-bond donors (Lipinski definition) is 1. The first-order valence-electron chi connectivity index (χ1n) is 11.1. The molecule has 3 aromatic rings. The van der Waals surface area contributed by atoms with E-state index < -0.39 is 22.0 Å². The van der Waals surface area contributed by atoms with E-state index in [2.05, 4.69) is 11.4 Å². The average molecular weight is 492 g/mol. The third-order valence-corrected chi connectivity index (χ3v) is 7.49. The van der Waals surface area contributed by atoms with Crippen LogP contribution in [0.15, 0.2) is 77.7 Å². The molecule has 1 aliphatic heterocycles. The highest BCUT2D eigenvalue weighted by molar-refractivity contribution is 7.89. The number of carbonyl (C=O) groups is 1. The molecule has 1 heterocycles. The number of hydrogen-bond acceptors (Lipinski definition) is 6. The van der Waals surface area contributed by atoms with Gasteiger partial charge in [-0.25, -0.2) is 8.42 Å². The van der Waals surface area contributed by atoms with Crippen LogP contribution in [0.3, 0.4) is 0 Å². The number of nitriles is 1. The highest BCUT2D eigenvalue weighted by atomic mass is 32.2. The Balaban J connectivity index is 1.38. The van der Waals surface area contributed by atoms with Crippen LogP contribution in [0.4, 0.5) is 5.69 Å². The molecule has 0 aromatic heterocycles. The van der Waals surface area contributed by atoms with Crippen LogP contribution < -0.4 is 10.1 Å². The third kappa shape index (κ3) is 5.87. The van der Waals surface area contributed by atoms with Crippen molar-refractivity contribution in [1.29, 1.82) is 5.26 Å². The Kier molecular flexibility index (Phi) is 7.46. The molecule has 35 heavy (non-hydrogen) atoms. The zero-order valence-corrected chi connectivity index (χ0v) is 20.0. The van der Waals surface area contributed by atoms with Crippen LogP contribution >= 0.6 is 0 Å². The van der Waals surface area contributed by atoms with Gasteiger partial charge in [0.05, 0.1) is 29.7 Å². The van der Waals surface area contributed by atoms with E-state index in [0.717, 1.165) is 11.1 Å². The molecule has 0 aliphatic carbocycles. The lowest BCUT2D eigenvalue weighted by Gasteiger charge is -2.26. The number of sulfonamides is 1. The second kappa shape index (κ2) is 10.7. The highest BCUT2D eigenvalue weighted by Gasteiger charge is 2.26. The number of nitrogens with one attached hydrogen (secondary N) is 1. The van der Waals surface area contributed by atoms with Gasteiger partial charge in [-0.15, -0.1) is 0 Å². The summed E-state index contributed by atoms with van der Waals surface area (Å²) in [6.07, 6.45) is -0.810. The van der Waals surface area contributed by atoms with E-state index in [1.807, 2.05) is 24.3 Å². The van der Waals surface area contributed by atoms with E-state index in [1.165, 1.54) is 16.4 Å². The molecule has 0 saturated carbocycles. The first kappa shape index (κ1) is 24.4. The van der Waals surface area contributed by atoms with Gasteiger partial charge in [-0.3, -0.25) is 4.79 Å². The number of rotatable bonds is 7. The van der Waals surface area contributed by atoms with Crippen molar-refractivity contribution in [1.82, 2.24) is 4.31 Å². The molecule has 4 rings (SSSR count). The van der Waals surface area contributed by atoms with Crippen molar-refractivity contribution in [3.05, 3.63) is 78.4 Å². The number of benzene rings is 3. The van der Waals surface area contributed by atoms with E-state index in [1.54, 1.807) is 43.3 Å². The van der Waals surface area contributed by atoms with Crippen LogP contribution in [0.1, 0.15) is 12.5 Å². The zero-order chi connectivity index (χ0) is 24.8. The fourth-order valence-corrected chi connectivity index (χ4v) is 5.09. The number of nitrogens with zero attached hydrogens (tertiary/aromatic N) is 2. The fourth-order valence-electron chi connectivity index (χ4n) is 3.64. The molecule has 1 aliphatic rings. The van der Waals surface area contributed by atoms with Gasteiger partial charge in [-0.05, 0) is 60.5 Å². The smallest absolute Gasteiger partial charge is 0.265 e. The molecule has 1 fully saturated rings. The predicted molar refractivity (Wildman–Crippen MR) is 131 cm³/mol. The Labute approximate surface area is 204 Å². The first-order valence-corrected chi connectivity index (χ1v) is 12.6. The average Bonchev–Trinajstić information content (AvgIpc) is 2.90. The standard InChI is InChI=1S/C26H25N3O5S/c1-19(34-24-11-9-22(10-12-24)21-7-5-20(18-27)6-8-21)26(30)28-23-3-2-4-25(17-23)35(31,32)29-13-15-33-16-14-29/h2-12,17,19H,13-16H2,1H3,(H,28,30)/t19-/m0/s1. The van der Waals surface area contributed by atoms with Crippen molar-refractivity contribution in [2.75, 3.05) is 31.6 Å². The van der Waals surface area contributed by atoms with Crippen molar-refractivity contribution in [3.63, 3.8) is 0 Å². The molecule has 0 spiro atoms. The van der Waals surface area contributed by atoms with Crippen molar-refractivity contribution in [2.45, 2.75) is 17.9 Å². The van der Waals surface area contributed by atoms with Crippen LogP contribution in [0.2, 0.25) is 0 Å². The monoisotopic (exact) mass is 491 g/mol. The summed E-state index contributed by atoms with van der Waals surface area (Å²) >= 11 is 0. The molecule has 0 radical (unpaired) electrons. The lowest BCUT2D eigenvalue weighted by Crippen LogP contribution is -2.40. The maximum Gasteiger partial charge on any atom is 0.265 e. The summed E-state index contributed by atoms with van der Waals surface area (Å²) in [6.45, 7) is 2.94. The van der Waals surface area contributed by atoms with Crippen LogP contribution in [-0.2, 0) is 19.6 Å². The summed E-state index contributed by atoms with van der Waals surface area (Å²) < 4.78 is 38.1. The second-order valence-corrected chi connectivity index (χ2v) is 9.95. The third-order valence-electron chi connectivity index (χ3n) is 5.59. The number of anilines is 1. The number of ether oxygens (including phenoxy) is 2. The van der Waals surface area contributed by atoms with Crippen molar-refractivity contribution >= 4 is 21.6 Å². The lowest BCUT2D eigenvalue weighted by molar-refractivity contribution is -0.122. The van der Waals surface area contributed by atoms with Gasteiger partial charge in [0.25, 0.3) is 5.91 Å². The second-order valence-electron chi connectivity index (χ2n) is 8.01. The summed E-state index contributed by atoms with van der Waals surface area (Å²) in [6, 6.07) is 22.8. The molecule has 1 amide bonds. The van der Waals surface area contributed by atoms with Gasteiger partial charge in [0.1, 0.15) is 5.75 Å². The maximum atomic E-state index is 12.9. The molecule has 3 aromatic carbocycles. The fraction of sp³-hybridized carbons (Fsp3) is 0.231. The normalized spacial score (nSPS) is 15.1. The Hall–Kier alpha value is -3.71. The summed E-state index contributed by atoms with van der Waals surface area (Å²) in [5.41, 5.74) is 2.89.